The van der Waals surface area contributed by atoms with E-state index >= 15 is 0 Å². The smallest absolute Gasteiger partial charge is 0.407 e. The summed E-state index contributed by atoms with van der Waals surface area (Å²) in [6.07, 6.45) is 6.46. The first-order chi connectivity index (χ1) is 11.7. The van der Waals surface area contributed by atoms with E-state index in [0.717, 1.165) is 31.4 Å². The Morgan fingerprint density at radius 2 is 1.76 bits per heavy atom. The van der Waals surface area contributed by atoms with E-state index in [-0.39, 0.29) is 24.0 Å². The molecule has 2 N–H and O–H groups in total. The fraction of sp³-hybridized carbons (Fsp3) is 0.632. The minimum atomic E-state index is -0.494. The summed E-state index contributed by atoms with van der Waals surface area (Å²) < 4.78 is 5.31. The summed E-state index contributed by atoms with van der Waals surface area (Å²) in [5.74, 6) is 0.466. The topological polar surface area (TPSA) is 80.3 Å². The molecule has 25 heavy (non-hydrogen) atoms. The summed E-state index contributed by atoms with van der Waals surface area (Å²) in [5.41, 5.74) is 0.286. The van der Waals surface area contributed by atoms with Crippen LogP contribution in [-0.4, -0.2) is 28.6 Å². The molecule has 1 fully saturated rings. The second-order valence-electron chi connectivity index (χ2n) is 7.77. The van der Waals surface area contributed by atoms with Crippen LogP contribution < -0.4 is 10.6 Å². The second-order valence-corrected chi connectivity index (χ2v) is 7.77. The van der Waals surface area contributed by atoms with Gasteiger partial charge in [-0.3, -0.25) is 9.78 Å². The van der Waals surface area contributed by atoms with Crippen molar-refractivity contribution in [3.63, 3.8) is 0 Å². The molecule has 2 rings (SSSR count). The molecule has 1 aromatic heterocycles. The molecule has 1 aromatic rings. The number of hydrogen-bond donors (Lipinski definition) is 2. The Morgan fingerprint density at radius 3 is 2.32 bits per heavy atom. The van der Waals surface area contributed by atoms with Gasteiger partial charge in [0.15, 0.2) is 0 Å². The molecule has 6 nitrogen and oxygen atoms in total. The summed E-state index contributed by atoms with van der Waals surface area (Å²) >= 11 is 0. The third kappa shape index (κ3) is 6.36. The molecule has 0 bridgehead atoms. The van der Waals surface area contributed by atoms with Gasteiger partial charge in [-0.1, -0.05) is 0 Å². The van der Waals surface area contributed by atoms with Gasteiger partial charge >= 0.3 is 6.09 Å². The Labute approximate surface area is 149 Å². The Kier molecular flexibility index (Phi) is 6.39. The van der Waals surface area contributed by atoms with Gasteiger partial charge in [0.05, 0.1) is 0 Å². The van der Waals surface area contributed by atoms with E-state index in [1.165, 1.54) is 0 Å². The molecular weight excluding hydrogens is 318 g/mol. The van der Waals surface area contributed by atoms with E-state index in [2.05, 4.69) is 15.6 Å². The lowest BCUT2D eigenvalue weighted by Gasteiger charge is -2.32. The van der Waals surface area contributed by atoms with Gasteiger partial charge in [-0.2, -0.15) is 0 Å². The van der Waals surface area contributed by atoms with Crippen LogP contribution >= 0.6 is 0 Å². The van der Waals surface area contributed by atoms with Gasteiger partial charge in [0.25, 0.3) is 0 Å². The maximum atomic E-state index is 12.4. The Morgan fingerprint density at radius 1 is 1.16 bits per heavy atom. The first-order valence-electron chi connectivity index (χ1n) is 8.95. The maximum Gasteiger partial charge on any atom is 0.407 e. The maximum absolute atomic E-state index is 12.4. The van der Waals surface area contributed by atoms with E-state index in [1.54, 1.807) is 24.5 Å². The molecule has 1 heterocycles. The largest absolute Gasteiger partial charge is 0.444 e. The Bertz CT molecular complexity index is 575. The van der Waals surface area contributed by atoms with E-state index < -0.39 is 5.60 Å². The number of nitrogens with zero attached hydrogens (tertiary/aromatic N) is 1. The third-order valence-electron chi connectivity index (χ3n) is 4.54. The van der Waals surface area contributed by atoms with Crippen molar-refractivity contribution in [3.8, 4) is 0 Å². The predicted molar refractivity (Wildman–Crippen MR) is 97.1 cm³/mol. The van der Waals surface area contributed by atoms with E-state index in [0.29, 0.717) is 5.92 Å². The third-order valence-corrected chi connectivity index (χ3v) is 4.54. The highest BCUT2D eigenvalue weighted by Crippen LogP contribution is 2.31. The number of ether oxygens (including phenoxy) is 1. The van der Waals surface area contributed by atoms with Crippen LogP contribution in [0.1, 0.15) is 53.4 Å². The molecule has 138 valence electrons. The molecule has 6 heteroatoms. The van der Waals surface area contributed by atoms with Crippen LogP contribution in [0.4, 0.5) is 10.5 Å². The number of pyridine rings is 1. The minimum absolute atomic E-state index is 0.0261. The predicted octanol–water partition coefficient (Wildman–Crippen LogP) is 3.74. The zero-order valence-corrected chi connectivity index (χ0v) is 15.5. The molecule has 1 aliphatic carbocycles. The Hall–Kier alpha value is -2.11. The average molecular weight is 347 g/mol. The molecule has 1 aliphatic rings. The van der Waals surface area contributed by atoms with Crippen molar-refractivity contribution in [2.75, 3.05) is 5.32 Å². The standard InChI is InChI=1S/C19H29N3O3/c1-13(21-18(24)25-19(2,3)4)14-5-7-15(8-6-14)17(23)22-16-9-11-20-12-10-16/h9-15H,5-8H2,1-4H3,(H,21,24)(H,20,22,23). The molecule has 1 unspecified atom stereocenters. The molecule has 0 aliphatic heterocycles. The number of carbonyl (C=O) groups excluding carboxylic acids is 2. The molecule has 1 atom stereocenters. The van der Waals surface area contributed by atoms with Crippen LogP contribution in [0.25, 0.3) is 0 Å². The number of hydrogen-bond acceptors (Lipinski definition) is 4. The lowest BCUT2D eigenvalue weighted by Crippen LogP contribution is -2.42. The van der Waals surface area contributed by atoms with Crippen LogP contribution in [0.5, 0.6) is 0 Å². The highest BCUT2D eigenvalue weighted by atomic mass is 16.6. The van der Waals surface area contributed by atoms with Crippen LogP contribution in [0.15, 0.2) is 24.5 Å². The number of carbonyl (C=O) groups is 2. The lowest BCUT2D eigenvalue weighted by atomic mass is 9.78. The fourth-order valence-electron chi connectivity index (χ4n) is 3.17. The highest BCUT2D eigenvalue weighted by molar-refractivity contribution is 5.92. The van der Waals surface area contributed by atoms with Gasteiger partial charge in [0.2, 0.25) is 5.91 Å². The van der Waals surface area contributed by atoms with Crippen molar-refractivity contribution in [2.24, 2.45) is 11.8 Å². The van der Waals surface area contributed by atoms with Gasteiger partial charge in [0, 0.05) is 30.0 Å². The van der Waals surface area contributed by atoms with Crippen molar-refractivity contribution >= 4 is 17.7 Å². The van der Waals surface area contributed by atoms with Crippen LogP contribution in [0.2, 0.25) is 0 Å². The van der Waals surface area contributed by atoms with Crippen LogP contribution in [-0.2, 0) is 9.53 Å². The summed E-state index contributed by atoms with van der Waals surface area (Å²) in [5, 5.41) is 5.87. The molecule has 1 saturated carbocycles. The number of rotatable bonds is 4. The van der Waals surface area contributed by atoms with Gasteiger partial charge in [-0.05, 0) is 71.4 Å². The Balaban J connectivity index is 1.77. The van der Waals surface area contributed by atoms with Crippen molar-refractivity contribution in [1.82, 2.24) is 10.3 Å². The first-order valence-corrected chi connectivity index (χ1v) is 8.95. The molecule has 0 saturated heterocycles. The summed E-state index contributed by atoms with van der Waals surface area (Å²) in [6, 6.07) is 3.62. The van der Waals surface area contributed by atoms with E-state index in [1.807, 2.05) is 27.7 Å². The lowest BCUT2D eigenvalue weighted by molar-refractivity contribution is -0.121. The number of amides is 2. The monoisotopic (exact) mass is 347 g/mol. The SMILES string of the molecule is CC(NC(=O)OC(C)(C)C)C1CCC(C(=O)Nc2ccncc2)CC1. The number of alkyl carbamates (subject to hydrolysis) is 1. The summed E-state index contributed by atoms with van der Waals surface area (Å²) in [4.78, 5) is 28.2. The average Bonchev–Trinajstić information content (AvgIpc) is 2.54. The van der Waals surface area contributed by atoms with Gasteiger partial charge in [-0.25, -0.2) is 4.79 Å². The van der Waals surface area contributed by atoms with Crippen molar-refractivity contribution < 1.29 is 14.3 Å². The van der Waals surface area contributed by atoms with Gasteiger partial charge in [0.1, 0.15) is 5.60 Å². The van der Waals surface area contributed by atoms with Gasteiger partial charge < -0.3 is 15.4 Å². The summed E-state index contributed by atoms with van der Waals surface area (Å²) in [6.45, 7) is 7.56. The number of anilines is 1. The normalized spacial score (nSPS) is 21.9. The van der Waals surface area contributed by atoms with Crippen molar-refractivity contribution in [3.05, 3.63) is 24.5 Å². The molecule has 2 amide bonds. The van der Waals surface area contributed by atoms with Gasteiger partial charge in [-0.15, -0.1) is 0 Å². The number of aromatic nitrogens is 1. The van der Waals surface area contributed by atoms with Crippen molar-refractivity contribution in [2.45, 2.75) is 65.0 Å². The summed E-state index contributed by atoms with van der Waals surface area (Å²) in [7, 11) is 0. The van der Waals surface area contributed by atoms with Crippen LogP contribution in [0.3, 0.4) is 0 Å². The quantitative estimate of drug-likeness (QED) is 0.869. The molecule has 0 radical (unpaired) electrons. The zero-order valence-electron chi connectivity index (χ0n) is 15.5. The molecular formula is C19H29N3O3. The second kappa shape index (κ2) is 8.32. The first kappa shape index (κ1) is 19.2. The minimum Gasteiger partial charge on any atom is -0.444 e. The zero-order chi connectivity index (χ0) is 18.4. The highest BCUT2D eigenvalue weighted by Gasteiger charge is 2.30. The van der Waals surface area contributed by atoms with Crippen molar-refractivity contribution in [1.29, 1.82) is 0 Å². The van der Waals surface area contributed by atoms with Crippen LogP contribution in [0, 0.1) is 11.8 Å². The van der Waals surface area contributed by atoms with E-state index in [4.69, 9.17) is 4.74 Å². The molecule has 0 spiro atoms. The fourth-order valence-corrected chi connectivity index (χ4v) is 3.17. The number of nitrogens with one attached hydrogen (secondary N) is 2. The van der Waals surface area contributed by atoms with E-state index in [9.17, 15) is 9.59 Å². The molecule has 0 aromatic carbocycles.